The van der Waals surface area contributed by atoms with Crippen LogP contribution >= 0.6 is 0 Å². The molecular formula is C20H19FN6O4. The Hall–Kier alpha value is -4.07. The molecule has 0 atom stereocenters. The number of aromatic nitrogens is 1. The van der Waals surface area contributed by atoms with Crippen LogP contribution in [0.3, 0.4) is 0 Å². The van der Waals surface area contributed by atoms with E-state index in [1.165, 1.54) is 0 Å². The Kier molecular flexibility index (Phi) is 6.71. The van der Waals surface area contributed by atoms with E-state index in [1.807, 2.05) is 4.90 Å². The number of pyridine rings is 1. The van der Waals surface area contributed by atoms with Crippen molar-refractivity contribution in [1.82, 2.24) is 10.3 Å². The lowest BCUT2D eigenvalue weighted by atomic mass is 9.96. The van der Waals surface area contributed by atoms with Gasteiger partial charge in [-0.2, -0.15) is 9.65 Å². The van der Waals surface area contributed by atoms with Gasteiger partial charge in [0.05, 0.1) is 10.5 Å². The minimum atomic E-state index is -1.04. The normalized spacial score (nSPS) is 13.9. The molecule has 11 heteroatoms. The molecule has 2 aromatic rings. The number of nitrogens with zero attached hydrogens (tertiary/aromatic N) is 4. The summed E-state index contributed by atoms with van der Waals surface area (Å²) in [7, 11) is 0. The molecule has 31 heavy (non-hydrogen) atoms. The third kappa shape index (κ3) is 5.30. The first-order valence-corrected chi connectivity index (χ1v) is 9.52. The lowest BCUT2D eigenvalue weighted by molar-refractivity contribution is -0.387. The Balaban J connectivity index is 1.48. The maximum atomic E-state index is 13.4. The third-order valence-corrected chi connectivity index (χ3v) is 4.98. The van der Waals surface area contributed by atoms with Gasteiger partial charge < -0.3 is 15.5 Å². The van der Waals surface area contributed by atoms with Gasteiger partial charge in [-0.1, -0.05) is 0 Å². The third-order valence-electron chi connectivity index (χ3n) is 4.98. The van der Waals surface area contributed by atoms with Crippen molar-refractivity contribution >= 4 is 29.0 Å². The van der Waals surface area contributed by atoms with E-state index < -0.39 is 28.2 Å². The summed E-state index contributed by atoms with van der Waals surface area (Å²) in [6, 6.07) is 8.38. The Morgan fingerprint density at radius 1 is 1.29 bits per heavy atom. The highest BCUT2D eigenvalue weighted by Crippen LogP contribution is 2.24. The summed E-state index contributed by atoms with van der Waals surface area (Å²) in [6.07, 6.45) is 3.12. The summed E-state index contributed by atoms with van der Waals surface area (Å²) in [5.74, 6) is -2.13. The number of benzene rings is 1. The van der Waals surface area contributed by atoms with Crippen molar-refractivity contribution in [3.05, 3.63) is 58.0 Å². The summed E-state index contributed by atoms with van der Waals surface area (Å²) >= 11 is 0. The second-order valence-corrected chi connectivity index (χ2v) is 7.00. The molecule has 1 aromatic carbocycles. The number of nitro groups is 1. The Morgan fingerprint density at radius 3 is 2.71 bits per heavy atom. The number of piperidine rings is 1. The van der Waals surface area contributed by atoms with E-state index >= 15 is 0 Å². The number of hydrogen-bond acceptors (Lipinski definition) is 7. The van der Waals surface area contributed by atoms with Crippen molar-refractivity contribution in [3.8, 4) is 6.07 Å². The average Bonchev–Trinajstić information content (AvgIpc) is 2.78. The van der Waals surface area contributed by atoms with Crippen LogP contribution < -0.4 is 15.5 Å². The van der Waals surface area contributed by atoms with Crippen molar-refractivity contribution in [2.24, 2.45) is 5.92 Å². The zero-order chi connectivity index (χ0) is 22.4. The lowest BCUT2D eigenvalue weighted by Gasteiger charge is -2.33. The summed E-state index contributed by atoms with van der Waals surface area (Å²) in [5, 5.41) is 24.8. The fourth-order valence-electron chi connectivity index (χ4n) is 3.32. The smallest absolute Gasteiger partial charge is 0.313 e. The molecule has 1 saturated heterocycles. The summed E-state index contributed by atoms with van der Waals surface area (Å²) in [6.45, 7) is 1.62. The number of amides is 2. The molecule has 10 nitrogen and oxygen atoms in total. The molecular weight excluding hydrogens is 407 g/mol. The lowest BCUT2D eigenvalue weighted by Crippen LogP contribution is -2.42. The Bertz CT molecular complexity index is 1050. The SMILES string of the molecule is N#Cc1cccnc1N1CCC(CNC(=O)C(=O)Nc2ccc(F)c([N+](=O)[O-])c2)CC1. The van der Waals surface area contributed by atoms with Crippen molar-refractivity contribution < 1.29 is 18.9 Å². The van der Waals surface area contributed by atoms with Gasteiger partial charge in [-0.05, 0) is 43.0 Å². The van der Waals surface area contributed by atoms with Gasteiger partial charge in [0.15, 0.2) is 0 Å². The fourth-order valence-corrected chi connectivity index (χ4v) is 3.32. The minimum absolute atomic E-state index is 0.0507. The fraction of sp³-hybridized carbons (Fsp3) is 0.300. The topological polar surface area (TPSA) is 141 Å². The van der Waals surface area contributed by atoms with Crippen molar-refractivity contribution in [2.45, 2.75) is 12.8 Å². The molecule has 0 aliphatic carbocycles. The molecule has 0 unspecified atom stereocenters. The molecule has 1 aromatic heterocycles. The van der Waals surface area contributed by atoms with Crippen molar-refractivity contribution in [3.63, 3.8) is 0 Å². The second kappa shape index (κ2) is 9.62. The molecule has 1 aliphatic rings. The number of hydrogen-bond donors (Lipinski definition) is 2. The van der Waals surface area contributed by atoms with Gasteiger partial charge in [-0.3, -0.25) is 19.7 Å². The standard InChI is InChI=1S/C20H19FN6O4/c21-16-4-3-15(10-17(16)27(30)31)25-20(29)19(28)24-12-13-5-8-26(9-6-13)18-14(11-22)2-1-7-23-18/h1-4,7,10,13H,5-6,8-9,12H2,(H,24,28)(H,25,29). The molecule has 1 fully saturated rings. The van der Waals surface area contributed by atoms with Crippen LogP contribution in [-0.2, 0) is 9.59 Å². The molecule has 0 saturated carbocycles. The van der Waals surface area contributed by atoms with Crippen LogP contribution in [0.15, 0.2) is 36.5 Å². The van der Waals surface area contributed by atoms with E-state index in [0.29, 0.717) is 24.5 Å². The predicted molar refractivity (Wildman–Crippen MR) is 109 cm³/mol. The van der Waals surface area contributed by atoms with E-state index in [-0.39, 0.29) is 18.2 Å². The second-order valence-electron chi connectivity index (χ2n) is 7.00. The van der Waals surface area contributed by atoms with Gasteiger partial charge >= 0.3 is 17.5 Å². The highest BCUT2D eigenvalue weighted by molar-refractivity contribution is 6.39. The van der Waals surface area contributed by atoms with E-state index in [9.17, 15) is 29.4 Å². The first kappa shape index (κ1) is 21.6. The number of halogens is 1. The number of nitro benzene ring substituents is 1. The van der Waals surface area contributed by atoms with Crippen LogP contribution in [0, 0.1) is 33.2 Å². The molecule has 3 rings (SSSR count). The molecule has 2 heterocycles. The molecule has 1 aliphatic heterocycles. The number of rotatable bonds is 5. The van der Waals surface area contributed by atoms with E-state index in [0.717, 1.165) is 31.0 Å². The van der Waals surface area contributed by atoms with Gasteiger partial charge in [-0.25, -0.2) is 4.98 Å². The number of anilines is 2. The number of carbonyl (C=O) groups excluding carboxylic acids is 2. The zero-order valence-corrected chi connectivity index (χ0v) is 16.4. The predicted octanol–water partition coefficient (Wildman–Crippen LogP) is 1.97. The molecule has 0 radical (unpaired) electrons. The van der Waals surface area contributed by atoms with Crippen LogP contribution in [-0.4, -0.2) is 41.4 Å². The summed E-state index contributed by atoms with van der Waals surface area (Å²) < 4.78 is 13.4. The number of nitrogens with one attached hydrogen (secondary N) is 2. The van der Waals surface area contributed by atoms with Gasteiger partial charge in [0.2, 0.25) is 5.82 Å². The quantitative estimate of drug-likeness (QED) is 0.423. The van der Waals surface area contributed by atoms with Crippen LogP contribution in [0.25, 0.3) is 0 Å². The highest BCUT2D eigenvalue weighted by Gasteiger charge is 2.24. The molecule has 0 spiro atoms. The summed E-state index contributed by atoms with van der Waals surface area (Å²) in [4.78, 5) is 40.2. The average molecular weight is 426 g/mol. The first-order chi connectivity index (χ1) is 14.9. The van der Waals surface area contributed by atoms with Gasteiger partial charge in [-0.15, -0.1) is 0 Å². The molecule has 0 bridgehead atoms. The largest absolute Gasteiger partial charge is 0.356 e. The number of nitriles is 1. The molecule has 160 valence electrons. The van der Waals surface area contributed by atoms with Crippen molar-refractivity contribution in [1.29, 1.82) is 5.26 Å². The van der Waals surface area contributed by atoms with Crippen molar-refractivity contribution in [2.75, 3.05) is 29.9 Å². The monoisotopic (exact) mass is 426 g/mol. The Labute approximate surface area is 176 Å². The van der Waals surface area contributed by atoms with Crippen LogP contribution in [0.4, 0.5) is 21.6 Å². The van der Waals surface area contributed by atoms with Gasteiger partial charge in [0, 0.05) is 37.6 Å². The van der Waals surface area contributed by atoms with E-state index in [4.69, 9.17) is 0 Å². The number of carbonyl (C=O) groups is 2. The first-order valence-electron chi connectivity index (χ1n) is 9.52. The van der Waals surface area contributed by atoms with Crippen LogP contribution in [0.2, 0.25) is 0 Å². The van der Waals surface area contributed by atoms with E-state index in [2.05, 4.69) is 21.7 Å². The van der Waals surface area contributed by atoms with Gasteiger partial charge in [0.25, 0.3) is 0 Å². The van der Waals surface area contributed by atoms with E-state index in [1.54, 1.807) is 18.3 Å². The summed E-state index contributed by atoms with van der Waals surface area (Å²) in [5.41, 5.74) is -0.338. The Morgan fingerprint density at radius 2 is 2.03 bits per heavy atom. The van der Waals surface area contributed by atoms with Crippen LogP contribution in [0.1, 0.15) is 18.4 Å². The molecule has 2 N–H and O–H groups in total. The minimum Gasteiger partial charge on any atom is -0.356 e. The van der Waals surface area contributed by atoms with Gasteiger partial charge in [0.1, 0.15) is 11.9 Å². The highest BCUT2D eigenvalue weighted by atomic mass is 19.1. The van der Waals surface area contributed by atoms with Crippen LogP contribution in [0.5, 0.6) is 0 Å². The maximum absolute atomic E-state index is 13.4. The zero-order valence-electron chi connectivity index (χ0n) is 16.4. The molecule has 2 amide bonds. The maximum Gasteiger partial charge on any atom is 0.313 e.